The average molecular weight is 347 g/mol. The van der Waals surface area contributed by atoms with Gasteiger partial charge < -0.3 is 14.1 Å². The van der Waals surface area contributed by atoms with Crippen LogP contribution in [0, 0.1) is 12.7 Å². The number of nitrogens with zero attached hydrogens (tertiary/aromatic N) is 3. The normalized spacial score (nSPS) is 16.7. The number of ether oxygens (including phenoxy) is 1. The van der Waals surface area contributed by atoms with Crippen LogP contribution in [0.15, 0.2) is 34.9 Å². The molecule has 1 amide bonds. The molecule has 0 aliphatic carbocycles. The number of halogens is 1. The fourth-order valence-electron chi connectivity index (χ4n) is 2.83. The number of oxazole rings is 1. The van der Waals surface area contributed by atoms with Gasteiger partial charge in [0.15, 0.2) is 17.7 Å². The van der Waals surface area contributed by atoms with Crippen molar-refractivity contribution < 1.29 is 18.3 Å². The Morgan fingerprint density at radius 3 is 2.68 bits per heavy atom. The molecule has 0 spiro atoms. The highest BCUT2D eigenvalue weighted by atomic mass is 19.1. The van der Waals surface area contributed by atoms with E-state index in [1.54, 1.807) is 30.2 Å². The summed E-state index contributed by atoms with van der Waals surface area (Å²) in [6.45, 7) is 6.82. The van der Waals surface area contributed by atoms with Crippen molar-refractivity contribution in [1.29, 1.82) is 0 Å². The quantitative estimate of drug-likeness (QED) is 0.830. The number of hydrogen-bond donors (Lipinski definition) is 0. The molecule has 2 aromatic rings. The van der Waals surface area contributed by atoms with Crippen molar-refractivity contribution in [3.63, 3.8) is 0 Å². The van der Waals surface area contributed by atoms with E-state index in [1.807, 2.05) is 6.92 Å². The van der Waals surface area contributed by atoms with Crippen LogP contribution in [-0.2, 0) is 11.3 Å². The first-order chi connectivity index (χ1) is 12.0. The number of carbonyl (C=O) groups excluding carboxylic acids is 1. The van der Waals surface area contributed by atoms with Gasteiger partial charge in [-0.2, -0.15) is 0 Å². The summed E-state index contributed by atoms with van der Waals surface area (Å²) in [7, 11) is 0. The minimum atomic E-state index is -0.724. The third kappa shape index (κ3) is 4.36. The topological polar surface area (TPSA) is 58.8 Å². The van der Waals surface area contributed by atoms with Crippen molar-refractivity contribution in [2.24, 2.45) is 0 Å². The first-order valence-electron chi connectivity index (χ1n) is 8.36. The molecule has 1 atom stereocenters. The van der Waals surface area contributed by atoms with Crippen molar-refractivity contribution in [3.8, 4) is 5.75 Å². The molecule has 1 aromatic carbocycles. The van der Waals surface area contributed by atoms with Crippen LogP contribution >= 0.6 is 0 Å². The molecule has 25 heavy (non-hydrogen) atoms. The molecule has 2 heterocycles. The van der Waals surface area contributed by atoms with Crippen molar-refractivity contribution in [2.45, 2.75) is 26.5 Å². The molecule has 1 aromatic heterocycles. The smallest absolute Gasteiger partial charge is 0.263 e. The Labute approximate surface area is 146 Å². The maximum atomic E-state index is 13.6. The van der Waals surface area contributed by atoms with E-state index in [1.165, 1.54) is 12.1 Å². The number of amides is 1. The summed E-state index contributed by atoms with van der Waals surface area (Å²) in [6, 6.07) is 6.10. The first kappa shape index (κ1) is 17.4. The molecule has 3 rings (SSSR count). The van der Waals surface area contributed by atoms with E-state index in [-0.39, 0.29) is 11.7 Å². The lowest BCUT2D eigenvalue weighted by Gasteiger charge is -2.35. The predicted molar refractivity (Wildman–Crippen MR) is 89.6 cm³/mol. The molecule has 1 saturated heterocycles. The molecule has 1 aliphatic heterocycles. The second-order valence-corrected chi connectivity index (χ2v) is 6.16. The van der Waals surface area contributed by atoms with Gasteiger partial charge in [-0.05, 0) is 26.0 Å². The molecule has 1 fully saturated rings. The molecule has 1 aliphatic rings. The summed E-state index contributed by atoms with van der Waals surface area (Å²) in [6.07, 6.45) is 0.981. The van der Waals surface area contributed by atoms with Gasteiger partial charge in [-0.15, -0.1) is 0 Å². The monoisotopic (exact) mass is 347 g/mol. The van der Waals surface area contributed by atoms with Gasteiger partial charge >= 0.3 is 0 Å². The van der Waals surface area contributed by atoms with Gasteiger partial charge in [-0.3, -0.25) is 9.69 Å². The van der Waals surface area contributed by atoms with E-state index >= 15 is 0 Å². The summed E-state index contributed by atoms with van der Waals surface area (Å²) in [4.78, 5) is 20.7. The van der Waals surface area contributed by atoms with Crippen LogP contribution in [0.3, 0.4) is 0 Å². The first-order valence-corrected chi connectivity index (χ1v) is 8.36. The van der Waals surface area contributed by atoms with Gasteiger partial charge in [-0.25, -0.2) is 9.37 Å². The number of aryl methyl sites for hydroxylation is 1. The van der Waals surface area contributed by atoms with Crippen LogP contribution in [0.2, 0.25) is 0 Å². The van der Waals surface area contributed by atoms with E-state index in [0.717, 1.165) is 18.8 Å². The van der Waals surface area contributed by atoms with E-state index < -0.39 is 11.9 Å². The predicted octanol–water partition coefficient (Wildman–Crippen LogP) is 2.23. The number of carbonyl (C=O) groups is 1. The van der Waals surface area contributed by atoms with Gasteiger partial charge in [0.2, 0.25) is 5.89 Å². The Morgan fingerprint density at radius 2 is 2.04 bits per heavy atom. The molecule has 0 N–H and O–H groups in total. The maximum absolute atomic E-state index is 13.6. The minimum Gasteiger partial charge on any atom is -0.478 e. The van der Waals surface area contributed by atoms with Crippen LogP contribution in [0.4, 0.5) is 4.39 Å². The summed E-state index contributed by atoms with van der Waals surface area (Å²) >= 11 is 0. The lowest BCUT2D eigenvalue weighted by molar-refractivity contribution is -0.139. The second-order valence-electron chi connectivity index (χ2n) is 6.16. The number of piperazine rings is 1. The minimum absolute atomic E-state index is 0.0984. The number of aromatic nitrogens is 1. The highest BCUT2D eigenvalue weighted by molar-refractivity contribution is 5.81. The zero-order valence-corrected chi connectivity index (χ0v) is 14.4. The summed E-state index contributed by atoms with van der Waals surface area (Å²) in [5.74, 6) is 0.987. The molecule has 7 heteroatoms. The number of benzene rings is 1. The summed E-state index contributed by atoms with van der Waals surface area (Å²) in [5, 5.41) is 0. The van der Waals surface area contributed by atoms with E-state index in [4.69, 9.17) is 9.15 Å². The third-order valence-corrected chi connectivity index (χ3v) is 4.20. The average Bonchev–Trinajstić information content (AvgIpc) is 3.02. The summed E-state index contributed by atoms with van der Waals surface area (Å²) in [5.41, 5.74) is 0. The number of rotatable bonds is 5. The van der Waals surface area contributed by atoms with Crippen LogP contribution in [0.1, 0.15) is 18.6 Å². The van der Waals surface area contributed by atoms with Crippen molar-refractivity contribution in [3.05, 3.63) is 47.9 Å². The Morgan fingerprint density at radius 1 is 1.32 bits per heavy atom. The van der Waals surface area contributed by atoms with Crippen molar-refractivity contribution >= 4 is 5.91 Å². The molecule has 0 saturated carbocycles. The van der Waals surface area contributed by atoms with Crippen LogP contribution in [0.25, 0.3) is 0 Å². The highest BCUT2D eigenvalue weighted by Gasteiger charge is 2.27. The summed E-state index contributed by atoms with van der Waals surface area (Å²) < 4.78 is 24.6. The lowest BCUT2D eigenvalue weighted by atomic mass is 10.2. The fourth-order valence-corrected chi connectivity index (χ4v) is 2.83. The van der Waals surface area contributed by atoms with E-state index in [2.05, 4.69) is 9.88 Å². The Bertz CT molecular complexity index is 726. The Hall–Kier alpha value is -2.41. The van der Waals surface area contributed by atoms with Crippen LogP contribution in [-0.4, -0.2) is 53.0 Å². The maximum Gasteiger partial charge on any atom is 0.263 e. The lowest BCUT2D eigenvalue weighted by Crippen LogP contribution is -2.51. The van der Waals surface area contributed by atoms with Gasteiger partial charge in [0.25, 0.3) is 5.91 Å². The van der Waals surface area contributed by atoms with Crippen LogP contribution in [0.5, 0.6) is 5.75 Å². The van der Waals surface area contributed by atoms with E-state index in [9.17, 15) is 9.18 Å². The number of para-hydroxylation sites is 1. The van der Waals surface area contributed by atoms with Gasteiger partial charge in [-0.1, -0.05) is 12.1 Å². The van der Waals surface area contributed by atoms with Gasteiger partial charge in [0, 0.05) is 26.2 Å². The van der Waals surface area contributed by atoms with Crippen molar-refractivity contribution in [1.82, 2.24) is 14.8 Å². The molecule has 134 valence electrons. The Balaban J connectivity index is 1.50. The molecular weight excluding hydrogens is 325 g/mol. The zero-order chi connectivity index (χ0) is 17.8. The van der Waals surface area contributed by atoms with Crippen molar-refractivity contribution in [2.75, 3.05) is 26.2 Å². The largest absolute Gasteiger partial charge is 0.478 e. The third-order valence-electron chi connectivity index (χ3n) is 4.20. The van der Waals surface area contributed by atoms with Gasteiger partial charge in [0.1, 0.15) is 5.76 Å². The molecule has 0 radical (unpaired) electrons. The zero-order valence-electron chi connectivity index (χ0n) is 14.4. The second kappa shape index (κ2) is 7.65. The Kier molecular flexibility index (Phi) is 5.33. The fraction of sp³-hybridized carbons (Fsp3) is 0.444. The van der Waals surface area contributed by atoms with Gasteiger partial charge in [0.05, 0.1) is 12.7 Å². The standard InChI is InChI=1S/C18H22FN3O3/c1-13-11-20-17(24-13)12-21-7-9-22(10-8-21)18(23)14(2)25-16-6-4-3-5-15(16)19/h3-6,11,14H,7-10,12H2,1-2H3/t14-/m1/s1. The molecule has 0 bridgehead atoms. The highest BCUT2D eigenvalue weighted by Crippen LogP contribution is 2.18. The van der Waals surface area contributed by atoms with E-state index in [0.29, 0.717) is 25.5 Å². The number of hydrogen-bond acceptors (Lipinski definition) is 5. The molecular formula is C18H22FN3O3. The SMILES string of the molecule is Cc1cnc(CN2CCN(C(=O)[C@@H](C)Oc3ccccc3F)CC2)o1. The molecule has 6 nitrogen and oxygen atoms in total. The van der Waals surface area contributed by atoms with Crippen LogP contribution < -0.4 is 4.74 Å². The molecule has 0 unspecified atom stereocenters.